The molecule has 20 heavy (non-hydrogen) atoms. The van der Waals surface area contributed by atoms with Gasteiger partial charge in [0.25, 0.3) is 0 Å². The van der Waals surface area contributed by atoms with E-state index >= 15 is 0 Å². The minimum absolute atomic E-state index is 0.641. The minimum Gasteiger partial charge on any atom is -0.492 e. The Labute approximate surface area is 127 Å². The second-order valence-electron chi connectivity index (χ2n) is 4.81. The molecule has 1 atom stereocenters. The number of halogens is 1. The summed E-state index contributed by atoms with van der Waals surface area (Å²) in [6.07, 6.45) is 4.26. The lowest BCUT2D eigenvalue weighted by Gasteiger charge is -2.25. The van der Waals surface area contributed by atoms with Crippen molar-refractivity contribution in [2.45, 2.75) is 25.9 Å². The molecule has 1 heterocycles. The number of hydrogen-bond acceptors (Lipinski definition) is 3. The SMILES string of the molecule is CCCOc1cncc(C(C)(O)c2ccccc2Br)c1. The first-order valence-corrected chi connectivity index (χ1v) is 7.40. The number of pyridine rings is 1. The summed E-state index contributed by atoms with van der Waals surface area (Å²) >= 11 is 3.48. The van der Waals surface area contributed by atoms with E-state index in [4.69, 9.17) is 4.74 Å². The van der Waals surface area contributed by atoms with Crippen LogP contribution in [0.1, 0.15) is 31.4 Å². The summed E-state index contributed by atoms with van der Waals surface area (Å²) < 4.78 is 6.44. The average Bonchev–Trinajstić information content (AvgIpc) is 2.45. The number of hydrogen-bond donors (Lipinski definition) is 1. The van der Waals surface area contributed by atoms with E-state index in [1.165, 1.54) is 0 Å². The molecule has 0 aliphatic heterocycles. The fourth-order valence-corrected chi connectivity index (χ4v) is 2.67. The molecule has 0 saturated carbocycles. The summed E-state index contributed by atoms with van der Waals surface area (Å²) in [6, 6.07) is 9.46. The number of ether oxygens (including phenoxy) is 1. The number of rotatable bonds is 5. The highest BCUT2D eigenvalue weighted by atomic mass is 79.9. The maximum atomic E-state index is 10.9. The van der Waals surface area contributed by atoms with E-state index in [0.29, 0.717) is 17.9 Å². The van der Waals surface area contributed by atoms with Crippen LogP contribution in [0.25, 0.3) is 0 Å². The zero-order chi connectivity index (χ0) is 14.6. The van der Waals surface area contributed by atoms with Crippen molar-refractivity contribution >= 4 is 15.9 Å². The fourth-order valence-electron chi connectivity index (χ4n) is 2.00. The monoisotopic (exact) mass is 335 g/mol. The van der Waals surface area contributed by atoms with E-state index in [0.717, 1.165) is 16.5 Å². The molecule has 0 aliphatic carbocycles. The van der Waals surface area contributed by atoms with Gasteiger partial charge < -0.3 is 9.84 Å². The zero-order valence-corrected chi connectivity index (χ0v) is 13.2. The maximum Gasteiger partial charge on any atom is 0.137 e. The molecule has 0 saturated heterocycles. The fraction of sp³-hybridized carbons (Fsp3) is 0.312. The number of benzene rings is 1. The van der Waals surface area contributed by atoms with Crippen molar-refractivity contribution in [2.24, 2.45) is 0 Å². The molecule has 0 aliphatic rings. The van der Waals surface area contributed by atoms with Crippen molar-refractivity contribution in [3.05, 3.63) is 58.3 Å². The summed E-state index contributed by atoms with van der Waals surface area (Å²) in [7, 11) is 0. The highest BCUT2D eigenvalue weighted by Crippen LogP contribution is 2.34. The lowest BCUT2D eigenvalue weighted by atomic mass is 9.89. The van der Waals surface area contributed by atoms with Crippen molar-refractivity contribution in [3.8, 4) is 5.75 Å². The van der Waals surface area contributed by atoms with E-state index < -0.39 is 5.60 Å². The van der Waals surface area contributed by atoms with Crippen molar-refractivity contribution in [3.63, 3.8) is 0 Å². The van der Waals surface area contributed by atoms with Crippen LogP contribution in [-0.2, 0) is 5.60 Å². The largest absolute Gasteiger partial charge is 0.492 e. The molecule has 1 N–H and O–H groups in total. The predicted molar refractivity (Wildman–Crippen MR) is 82.8 cm³/mol. The highest BCUT2D eigenvalue weighted by Gasteiger charge is 2.28. The van der Waals surface area contributed by atoms with Gasteiger partial charge in [0.15, 0.2) is 0 Å². The van der Waals surface area contributed by atoms with E-state index in [-0.39, 0.29) is 0 Å². The van der Waals surface area contributed by atoms with Gasteiger partial charge in [0, 0.05) is 21.8 Å². The smallest absolute Gasteiger partial charge is 0.137 e. The van der Waals surface area contributed by atoms with Crippen molar-refractivity contribution in [2.75, 3.05) is 6.61 Å². The Hall–Kier alpha value is -1.39. The molecule has 4 heteroatoms. The van der Waals surface area contributed by atoms with Gasteiger partial charge in [-0.05, 0) is 25.5 Å². The Morgan fingerprint density at radius 2 is 2.05 bits per heavy atom. The van der Waals surface area contributed by atoms with Gasteiger partial charge in [-0.15, -0.1) is 0 Å². The summed E-state index contributed by atoms with van der Waals surface area (Å²) in [6.45, 7) is 4.45. The van der Waals surface area contributed by atoms with Crippen LogP contribution in [0.5, 0.6) is 5.75 Å². The molecule has 1 aromatic heterocycles. The molecule has 0 radical (unpaired) electrons. The molecule has 2 rings (SSSR count). The molecule has 0 fully saturated rings. The Morgan fingerprint density at radius 1 is 1.30 bits per heavy atom. The molecule has 106 valence electrons. The standard InChI is InChI=1S/C16H18BrNO2/c1-3-8-20-13-9-12(10-18-11-13)16(2,19)14-6-4-5-7-15(14)17/h4-7,9-11,19H,3,8H2,1-2H3. The first-order chi connectivity index (χ1) is 9.55. The summed E-state index contributed by atoms with van der Waals surface area (Å²) in [5, 5.41) is 10.9. The van der Waals surface area contributed by atoms with Crippen molar-refractivity contribution in [1.82, 2.24) is 4.98 Å². The number of aromatic nitrogens is 1. The van der Waals surface area contributed by atoms with Gasteiger partial charge >= 0.3 is 0 Å². The van der Waals surface area contributed by atoms with Crippen LogP contribution in [0.15, 0.2) is 47.2 Å². The van der Waals surface area contributed by atoms with Gasteiger partial charge in [-0.25, -0.2) is 0 Å². The third-order valence-corrected chi connectivity index (χ3v) is 3.84. The molecular formula is C16H18BrNO2. The molecule has 1 aromatic carbocycles. The van der Waals surface area contributed by atoms with Crippen LogP contribution in [0.4, 0.5) is 0 Å². The van der Waals surface area contributed by atoms with Gasteiger partial charge in [0.2, 0.25) is 0 Å². The van der Waals surface area contributed by atoms with Crippen molar-refractivity contribution in [1.29, 1.82) is 0 Å². The number of aliphatic hydroxyl groups is 1. The molecule has 1 unspecified atom stereocenters. The maximum absolute atomic E-state index is 10.9. The van der Waals surface area contributed by atoms with E-state index in [9.17, 15) is 5.11 Å². The Balaban J connectivity index is 2.36. The van der Waals surface area contributed by atoms with Crippen LogP contribution in [0.3, 0.4) is 0 Å². The quantitative estimate of drug-likeness (QED) is 0.901. The first kappa shape index (κ1) is 15.0. The van der Waals surface area contributed by atoms with Crippen LogP contribution < -0.4 is 4.74 Å². The van der Waals surface area contributed by atoms with E-state index in [2.05, 4.69) is 27.8 Å². The predicted octanol–water partition coefficient (Wildman–Crippen LogP) is 3.89. The van der Waals surface area contributed by atoms with Gasteiger partial charge in [-0.3, -0.25) is 4.98 Å². The highest BCUT2D eigenvalue weighted by molar-refractivity contribution is 9.10. The molecule has 3 nitrogen and oxygen atoms in total. The Bertz CT molecular complexity index is 584. The first-order valence-electron chi connectivity index (χ1n) is 6.61. The minimum atomic E-state index is -1.13. The van der Waals surface area contributed by atoms with Crippen LogP contribution in [0.2, 0.25) is 0 Å². The van der Waals surface area contributed by atoms with E-state index in [1.54, 1.807) is 19.3 Å². The second kappa shape index (κ2) is 6.37. The topological polar surface area (TPSA) is 42.4 Å². The molecule has 0 bridgehead atoms. The van der Waals surface area contributed by atoms with Crippen molar-refractivity contribution < 1.29 is 9.84 Å². The molecular weight excluding hydrogens is 318 g/mol. The third kappa shape index (κ3) is 3.19. The lowest BCUT2D eigenvalue weighted by Crippen LogP contribution is -2.23. The van der Waals surface area contributed by atoms with Gasteiger partial charge in [-0.1, -0.05) is 41.1 Å². The van der Waals surface area contributed by atoms with Gasteiger partial charge in [0.1, 0.15) is 11.4 Å². The molecule has 2 aromatic rings. The second-order valence-corrected chi connectivity index (χ2v) is 5.66. The Morgan fingerprint density at radius 3 is 2.75 bits per heavy atom. The van der Waals surface area contributed by atoms with E-state index in [1.807, 2.05) is 30.3 Å². The molecule has 0 amide bonds. The normalized spacial score (nSPS) is 13.8. The zero-order valence-electron chi connectivity index (χ0n) is 11.6. The lowest BCUT2D eigenvalue weighted by molar-refractivity contribution is 0.101. The summed E-state index contributed by atoms with van der Waals surface area (Å²) in [5.41, 5.74) is 0.381. The average molecular weight is 336 g/mol. The van der Waals surface area contributed by atoms with Crippen LogP contribution in [0, 0.1) is 0 Å². The van der Waals surface area contributed by atoms with Gasteiger partial charge in [-0.2, -0.15) is 0 Å². The third-order valence-electron chi connectivity index (χ3n) is 3.15. The van der Waals surface area contributed by atoms with Crippen LogP contribution in [-0.4, -0.2) is 16.7 Å². The van der Waals surface area contributed by atoms with Crippen LogP contribution >= 0.6 is 15.9 Å². The summed E-state index contributed by atoms with van der Waals surface area (Å²) in [5.74, 6) is 0.677. The van der Waals surface area contributed by atoms with Gasteiger partial charge in [0.05, 0.1) is 12.8 Å². The number of nitrogens with zero attached hydrogens (tertiary/aromatic N) is 1. The Kier molecular flexibility index (Phi) is 4.78. The molecule has 0 spiro atoms. The summed E-state index contributed by atoms with van der Waals surface area (Å²) in [4.78, 5) is 4.16.